The second-order valence-electron chi connectivity index (χ2n) is 6.07. The molecule has 0 spiro atoms. The van der Waals surface area contributed by atoms with Crippen LogP contribution >= 0.6 is 0 Å². The molecular formula is C18H20F3N3O. The van der Waals surface area contributed by atoms with Crippen molar-refractivity contribution in [1.29, 1.82) is 0 Å². The lowest BCUT2D eigenvalue weighted by molar-refractivity contribution is -0.141. The lowest BCUT2D eigenvalue weighted by Crippen LogP contribution is -2.27. The zero-order valence-corrected chi connectivity index (χ0v) is 14.0. The molecule has 3 rings (SSSR count). The minimum Gasteiger partial charge on any atom is -0.497 e. The summed E-state index contributed by atoms with van der Waals surface area (Å²) in [4.78, 5) is 10.1. The Hall–Kier alpha value is -2.31. The van der Waals surface area contributed by atoms with Crippen molar-refractivity contribution in [2.45, 2.75) is 31.9 Å². The van der Waals surface area contributed by atoms with Crippen LogP contribution in [0.2, 0.25) is 0 Å². The molecule has 134 valence electrons. The van der Waals surface area contributed by atoms with Crippen molar-refractivity contribution >= 4 is 5.95 Å². The van der Waals surface area contributed by atoms with E-state index in [1.807, 2.05) is 4.90 Å². The van der Waals surface area contributed by atoms with Gasteiger partial charge in [0.05, 0.1) is 12.8 Å². The predicted octanol–water partition coefficient (Wildman–Crippen LogP) is 4.55. The van der Waals surface area contributed by atoms with Gasteiger partial charge in [0, 0.05) is 18.7 Å². The molecule has 0 saturated carbocycles. The fourth-order valence-corrected chi connectivity index (χ4v) is 2.90. The van der Waals surface area contributed by atoms with Crippen LogP contribution in [0.25, 0.3) is 11.3 Å². The first-order chi connectivity index (χ1) is 12.0. The molecule has 2 heterocycles. The molecule has 0 atom stereocenters. The molecule has 0 radical (unpaired) electrons. The fraction of sp³-hybridized carbons (Fsp3) is 0.444. The van der Waals surface area contributed by atoms with E-state index in [-0.39, 0.29) is 11.6 Å². The van der Waals surface area contributed by atoms with E-state index < -0.39 is 11.9 Å². The molecular weight excluding hydrogens is 331 g/mol. The number of ether oxygens (including phenoxy) is 1. The van der Waals surface area contributed by atoms with Gasteiger partial charge in [-0.25, -0.2) is 9.97 Å². The van der Waals surface area contributed by atoms with Crippen LogP contribution in [-0.4, -0.2) is 30.2 Å². The summed E-state index contributed by atoms with van der Waals surface area (Å²) in [5.74, 6) is 0.795. The Morgan fingerprint density at radius 2 is 1.60 bits per heavy atom. The number of halogens is 3. The Morgan fingerprint density at radius 3 is 2.16 bits per heavy atom. The normalized spacial score (nSPS) is 15.8. The van der Waals surface area contributed by atoms with Crippen molar-refractivity contribution in [2.24, 2.45) is 0 Å². The van der Waals surface area contributed by atoms with Crippen LogP contribution in [0.5, 0.6) is 5.75 Å². The zero-order chi connectivity index (χ0) is 17.9. The van der Waals surface area contributed by atoms with E-state index in [0.29, 0.717) is 24.4 Å². The molecule has 1 aromatic heterocycles. The van der Waals surface area contributed by atoms with Gasteiger partial charge in [-0.1, -0.05) is 12.8 Å². The van der Waals surface area contributed by atoms with Crippen LogP contribution in [0.3, 0.4) is 0 Å². The number of benzene rings is 1. The Bertz CT molecular complexity index is 708. The summed E-state index contributed by atoms with van der Waals surface area (Å²) < 4.78 is 45.0. The Labute approximate surface area is 144 Å². The van der Waals surface area contributed by atoms with Gasteiger partial charge >= 0.3 is 6.18 Å². The van der Waals surface area contributed by atoms with E-state index >= 15 is 0 Å². The second kappa shape index (κ2) is 7.29. The number of anilines is 1. The molecule has 1 fully saturated rings. The number of hydrogen-bond donors (Lipinski definition) is 0. The van der Waals surface area contributed by atoms with Crippen LogP contribution in [0.4, 0.5) is 19.1 Å². The molecule has 0 bridgehead atoms. The van der Waals surface area contributed by atoms with Crippen LogP contribution in [0.1, 0.15) is 31.4 Å². The monoisotopic (exact) mass is 351 g/mol. The van der Waals surface area contributed by atoms with E-state index in [9.17, 15) is 13.2 Å². The SMILES string of the molecule is COc1ccc(-c2cc(C(F)(F)F)nc(N3CCCCCC3)n2)cc1. The summed E-state index contributed by atoms with van der Waals surface area (Å²) in [5.41, 5.74) is -0.0402. The van der Waals surface area contributed by atoms with Gasteiger partial charge in [0.15, 0.2) is 5.69 Å². The number of methoxy groups -OCH3 is 1. The molecule has 0 N–H and O–H groups in total. The van der Waals surface area contributed by atoms with Crippen LogP contribution in [0.15, 0.2) is 30.3 Å². The quantitative estimate of drug-likeness (QED) is 0.813. The largest absolute Gasteiger partial charge is 0.497 e. The van der Waals surface area contributed by atoms with Gasteiger partial charge in [-0.3, -0.25) is 0 Å². The van der Waals surface area contributed by atoms with Gasteiger partial charge in [0.1, 0.15) is 5.75 Å². The minimum absolute atomic E-state index is 0.155. The van der Waals surface area contributed by atoms with Crippen LogP contribution < -0.4 is 9.64 Å². The summed E-state index contributed by atoms with van der Waals surface area (Å²) in [5, 5.41) is 0. The molecule has 25 heavy (non-hydrogen) atoms. The van der Waals surface area contributed by atoms with Crippen molar-refractivity contribution in [3.8, 4) is 17.0 Å². The van der Waals surface area contributed by atoms with Crippen molar-refractivity contribution < 1.29 is 17.9 Å². The average molecular weight is 351 g/mol. The highest BCUT2D eigenvalue weighted by atomic mass is 19.4. The maximum absolute atomic E-state index is 13.3. The maximum atomic E-state index is 13.3. The van der Waals surface area contributed by atoms with Gasteiger partial charge in [-0.15, -0.1) is 0 Å². The standard InChI is InChI=1S/C18H20F3N3O/c1-25-14-8-6-13(7-9-14)15-12-16(18(19,20)21)23-17(22-15)24-10-4-2-3-5-11-24/h6-9,12H,2-5,10-11H2,1H3. The van der Waals surface area contributed by atoms with Crippen molar-refractivity contribution in [3.63, 3.8) is 0 Å². The highest BCUT2D eigenvalue weighted by molar-refractivity contribution is 5.62. The molecule has 0 amide bonds. The van der Waals surface area contributed by atoms with Gasteiger partial charge in [-0.2, -0.15) is 13.2 Å². The lowest BCUT2D eigenvalue weighted by atomic mass is 10.1. The summed E-state index contributed by atoms with van der Waals surface area (Å²) in [6, 6.07) is 7.82. The topological polar surface area (TPSA) is 38.2 Å². The predicted molar refractivity (Wildman–Crippen MR) is 89.7 cm³/mol. The Balaban J connectivity index is 2.02. The lowest BCUT2D eigenvalue weighted by Gasteiger charge is -2.22. The fourth-order valence-electron chi connectivity index (χ4n) is 2.90. The molecule has 0 aliphatic carbocycles. The zero-order valence-electron chi connectivity index (χ0n) is 14.0. The first kappa shape index (κ1) is 17.5. The highest BCUT2D eigenvalue weighted by Crippen LogP contribution is 2.32. The van der Waals surface area contributed by atoms with Crippen LogP contribution in [0, 0.1) is 0 Å². The third-order valence-corrected chi connectivity index (χ3v) is 4.28. The minimum atomic E-state index is -4.51. The van der Waals surface area contributed by atoms with Crippen molar-refractivity contribution in [3.05, 3.63) is 36.0 Å². The van der Waals surface area contributed by atoms with E-state index in [1.165, 1.54) is 0 Å². The molecule has 1 saturated heterocycles. The van der Waals surface area contributed by atoms with E-state index in [0.717, 1.165) is 31.7 Å². The summed E-state index contributed by atoms with van der Waals surface area (Å²) >= 11 is 0. The van der Waals surface area contributed by atoms with Crippen LogP contribution in [-0.2, 0) is 6.18 Å². The third-order valence-electron chi connectivity index (χ3n) is 4.28. The first-order valence-electron chi connectivity index (χ1n) is 8.33. The number of alkyl halides is 3. The maximum Gasteiger partial charge on any atom is 0.433 e. The van der Waals surface area contributed by atoms with E-state index in [1.54, 1.807) is 31.4 Å². The number of nitrogens with zero attached hydrogens (tertiary/aromatic N) is 3. The Kier molecular flexibility index (Phi) is 5.11. The molecule has 4 nitrogen and oxygen atoms in total. The number of aromatic nitrogens is 2. The van der Waals surface area contributed by atoms with Crippen molar-refractivity contribution in [1.82, 2.24) is 9.97 Å². The molecule has 1 aliphatic rings. The van der Waals surface area contributed by atoms with Gasteiger partial charge < -0.3 is 9.64 Å². The van der Waals surface area contributed by atoms with E-state index in [4.69, 9.17) is 4.74 Å². The van der Waals surface area contributed by atoms with Gasteiger partial charge in [0.25, 0.3) is 0 Å². The molecule has 1 aromatic carbocycles. The third kappa shape index (κ3) is 4.21. The van der Waals surface area contributed by atoms with E-state index in [2.05, 4.69) is 9.97 Å². The summed E-state index contributed by atoms with van der Waals surface area (Å²) in [6.45, 7) is 1.37. The first-order valence-corrected chi connectivity index (χ1v) is 8.33. The molecule has 1 aliphatic heterocycles. The van der Waals surface area contributed by atoms with Crippen molar-refractivity contribution in [2.75, 3.05) is 25.1 Å². The Morgan fingerprint density at radius 1 is 0.960 bits per heavy atom. The average Bonchev–Trinajstić information content (AvgIpc) is 2.90. The van der Waals surface area contributed by atoms with Gasteiger partial charge in [0.2, 0.25) is 5.95 Å². The highest BCUT2D eigenvalue weighted by Gasteiger charge is 2.34. The second-order valence-corrected chi connectivity index (χ2v) is 6.07. The number of rotatable bonds is 3. The molecule has 7 heteroatoms. The molecule has 0 unspecified atom stereocenters. The molecule has 2 aromatic rings. The van der Waals surface area contributed by atoms with Gasteiger partial charge in [-0.05, 0) is 43.2 Å². The number of hydrogen-bond acceptors (Lipinski definition) is 4. The summed E-state index contributed by atoms with van der Waals surface area (Å²) in [7, 11) is 1.54. The smallest absolute Gasteiger partial charge is 0.433 e. The summed E-state index contributed by atoms with van der Waals surface area (Å²) in [6.07, 6.45) is -0.457.